The summed E-state index contributed by atoms with van der Waals surface area (Å²) in [6.45, 7) is 7.56. The van der Waals surface area contributed by atoms with Gasteiger partial charge in [-0.2, -0.15) is 0 Å². The normalized spacial score (nSPS) is 11.4. The summed E-state index contributed by atoms with van der Waals surface area (Å²) in [6.07, 6.45) is 0. The van der Waals surface area contributed by atoms with E-state index in [1.807, 2.05) is 50.2 Å². The lowest BCUT2D eigenvalue weighted by molar-refractivity contribution is 0.0951. The molecule has 6 nitrogen and oxygen atoms in total. The van der Waals surface area contributed by atoms with Crippen LogP contribution in [-0.2, 0) is 13.1 Å². The predicted octanol–water partition coefficient (Wildman–Crippen LogP) is 2.54. The van der Waals surface area contributed by atoms with Gasteiger partial charge in [0.15, 0.2) is 5.96 Å². The number of amides is 1. The summed E-state index contributed by atoms with van der Waals surface area (Å²) in [7, 11) is 3.97. The molecule has 0 unspecified atom stereocenters. The van der Waals surface area contributed by atoms with Gasteiger partial charge in [0.1, 0.15) is 0 Å². The molecule has 0 spiro atoms. The van der Waals surface area contributed by atoms with E-state index in [9.17, 15) is 4.79 Å². The third-order valence-electron chi connectivity index (χ3n) is 4.38. The summed E-state index contributed by atoms with van der Waals surface area (Å²) in [4.78, 5) is 19.0. The Morgan fingerprint density at radius 1 is 1.00 bits per heavy atom. The minimum absolute atomic E-state index is 0.0536. The Kier molecular flexibility index (Phi) is 9.18. The van der Waals surface area contributed by atoms with E-state index in [0.29, 0.717) is 25.2 Å². The lowest BCUT2D eigenvalue weighted by atomic mass is 10.1. The van der Waals surface area contributed by atoms with Crippen molar-refractivity contribution >= 4 is 11.9 Å². The predicted molar refractivity (Wildman–Crippen MR) is 120 cm³/mol. The molecule has 0 bridgehead atoms. The molecule has 156 valence electrons. The fraction of sp³-hybridized carbons (Fsp3) is 0.391. The highest BCUT2D eigenvalue weighted by Gasteiger charge is 2.06. The van der Waals surface area contributed by atoms with Gasteiger partial charge in [0, 0.05) is 31.7 Å². The number of hydrogen-bond acceptors (Lipinski definition) is 3. The van der Waals surface area contributed by atoms with E-state index < -0.39 is 0 Å². The molecular weight excluding hydrogens is 362 g/mol. The maximum Gasteiger partial charge on any atom is 0.251 e. The van der Waals surface area contributed by atoms with Crippen LogP contribution in [0.4, 0.5) is 0 Å². The van der Waals surface area contributed by atoms with Gasteiger partial charge in [-0.1, -0.05) is 42.0 Å². The molecule has 0 aliphatic rings. The first-order chi connectivity index (χ1) is 14.0. The van der Waals surface area contributed by atoms with Crippen molar-refractivity contribution in [3.05, 3.63) is 70.8 Å². The molecule has 0 aromatic heterocycles. The number of likely N-dealkylation sites (N-methyl/N-ethyl adjacent to an activating group) is 1. The van der Waals surface area contributed by atoms with Crippen molar-refractivity contribution < 1.29 is 4.79 Å². The Labute approximate surface area is 174 Å². The van der Waals surface area contributed by atoms with E-state index in [-0.39, 0.29) is 5.91 Å². The molecule has 0 aliphatic carbocycles. The van der Waals surface area contributed by atoms with Crippen LogP contribution < -0.4 is 16.0 Å². The van der Waals surface area contributed by atoms with Crippen molar-refractivity contribution in [3.63, 3.8) is 0 Å². The molecule has 2 rings (SSSR count). The SMILES string of the molecule is CCNC(=NCc1cccc(C(=O)NCCN(C)C)c1)NCc1ccc(C)cc1. The van der Waals surface area contributed by atoms with Crippen molar-refractivity contribution in [1.82, 2.24) is 20.9 Å². The molecule has 1 amide bonds. The quantitative estimate of drug-likeness (QED) is 0.451. The fourth-order valence-electron chi connectivity index (χ4n) is 2.71. The molecule has 3 N–H and O–H groups in total. The number of nitrogens with one attached hydrogen (secondary N) is 3. The number of carbonyl (C=O) groups is 1. The van der Waals surface area contributed by atoms with E-state index in [0.717, 1.165) is 24.6 Å². The van der Waals surface area contributed by atoms with Crippen LogP contribution in [0.3, 0.4) is 0 Å². The average molecular weight is 396 g/mol. The second-order valence-corrected chi connectivity index (χ2v) is 7.29. The van der Waals surface area contributed by atoms with E-state index in [2.05, 4.69) is 52.1 Å². The van der Waals surface area contributed by atoms with Gasteiger partial charge in [0.2, 0.25) is 0 Å². The fourth-order valence-corrected chi connectivity index (χ4v) is 2.71. The highest BCUT2D eigenvalue weighted by atomic mass is 16.1. The topological polar surface area (TPSA) is 68.8 Å². The van der Waals surface area contributed by atoms with Gasteiger partial charge in [-0.25, -0.2) is 4.99 Å². The molecule has 0 aliphatic heterocycles. The Hall–Kier alpha value is -2.86. The van der Waals surface area contributed by atoms with Crippen LogP contribution in [0.5, 0.6) is 0 Å². The minimum Gasteiger partial charge on any atom is -0.357 e. The summed E-state index contributed by atoms with van der Waals surface area (Å²) in [5, 5.41) is 9.57. The molecule has 0 heterocycles. The summed E-state index contributed by atoms with van der Waals surface area (Å²) in [5.74, 6) is 0.705. The van der Waals surface area contributed by atoms with Crippen LogP contribution in [0.2, 0.25) is 0 Å². The average Bonchev–Trinajstić information content (AvgIpc) is 2.71. The molecule has 0 radical (unpaired) electrons. The molecule has 2 aromatic rings. The van der Waals surface area contributed by atoms with Gasteiger partial charge >= 0.3 is 0 Å². The lowest BCUT2D eigenvalue weighted by Gasteiger charge is -2.12. The molecule has 0 fully saturated rings. The number of rotatable bonds is 9. The monoisotopic (exact) mass is 395 g/mol. The van der Waals surface area contributed by atoms with Crippen molar-refractivity contribution in [2.45, 2.75) is 26.9 Å². The lowest BCUT2D eigenvalue weighted by Crippen LogP contribution is -2.36. The maximum absolute atomic E-state index is 12.3. The molecule has 29 heavy (non-hydrogen) atoms. The van der Waals surface area contributed by atoms with Crippen molar-refractivity contribution in [3.8, 4) is 0 Å². The summed E-state index contributed by atoms with van der Waals surface area (Å²) >= 11 is 0. The van der Waals surface area contributed by atoms with Gasteiger partial charge < -0.3 is 20.9 Å². The number of hydrogen-bond donors (Lipinski definition) is 3. The molecule has 6 heteroatoms. The van der Waals surface area contributed by atoms with Crippen LogP contribution in [0, 0.1) is 6.92 Å². The number of aliphatic imine (C=N–C) groups is 1. The van der Waals surface area contributed by atoms with Gasteiger partial charge in [-0.05, 0) is 51.2 Å². The van der Waals surface area contributed by atoms with Crippen LogP contribution in [0.25, 0.3) is 0 Å². The van der Waals surface area contributed by atoms with Crippen molar-refractivity contribution in [2.24, 2.45) is 4.99 Å². The zero-order valence-electron chi connectivity index (χ0n) is 18.0. The number of aryl methyl sites for hydroxylation is 1. The third kappa shape index (κ3) is 8.35. The van der Waals surface area contributed by atoms with Gasteiger partial charge in [-0.3, -0.25) is 4.79 Å². The third-order valence-corrected chi connectivity index (χ3v) is 4.38. The number of nitrogens with zero attached hydrogens (tertiary/aromatic N) is 2. The molecular formula is C23H33N5O. The van der Waals surface area contributed by atoms with E-state index in [4.69, 9.17) is 0 Å². The van der Waals surface area contributed by atoms with Crippen LogP contribution in [-0.4, -0.2) is 50.5 Å². The highest BCUT2D eigenvalue weighted by Crippen LogP contribution is 2.07. The van der Waals surface area contributed by atoms with Crippen molar-refractivity contribution in [2.75, 3.05) is 33.7 Å². The smallest absolute Gasteiger partial charge is 0.251 e. The first-order valence-corrected chi connectivity index (χ1v) is 10.1. The van der Waals surface area contributed by atoms with Crippen LogP contribution >= 0.6 is 0 Å². The summed E-state index contributed by atoms with van der Waals surface area (Å²) < 4.78 is 0. The Balaban J connectivity index is 1.95. The van der Waals surface area contributed by atoms with Gasteiger partial charge in [-0.15, -0.1) is 0 Å². The molecule has 0 atom stereocenters. The summed E-state index contributed by atoms with van der Waals surface area (Å²) in [5.41, 5.74) is 4.12. The first kappa shape index (κ1) is 22.4. The second-order valence-electron chi connectivity index (χ2n) is 7.29. The Morgan fingerprint density at radius 2 is 1.76 bits per heavy atom. The zero-order valence-corrected chi connectivity index (χ0v) is 18.0. The number of guanidine groups is 1. The Bertz CT molecular complexity index is 799. The largest absolute Gasteiger partial charge is 0.357 e. The number of benzene rings is 2. The van der Waals surface area contributed by atoms with E-state index in [1.165, 1.54) is 11.1 Å². The van der Waals surface area contributed by atoms with Crippen LogP contribution in [0.15, 0.2) is 53.5 Å². The van der Waals surface area contributed by atoms with E-state index in [1.54, 1.807) is 0 Å². The van der Waals surface area contributed by atoms with E-state index >= 15 is 0 Å². The standard InChI is InChI=1S/C23H33N5O/c1-5-24-23(26-16-19-11-9-18(2)10-12-19)27-17-20-7-6-8-21(15-20)22(29)25-13-14-28(3)4/h6-12,15H,5,13-14,16-17H2,1-4H3,(H,25,29)(H2,24,26,27). The molecule has 0 saturated carbocycles. The van der Waals surface area contributed by atoms with Crippen molar-refractivity contribution in [1.29, 1.82) is 0 Å². The minimum atomic E-state index is -0.0536. The maximum atomic E-state index is 12.3. The molecule has 2 aromatic carbocycles. The first-order valence-electron chi connectivity index (χ1n) is 10.1. The number of carbonyl (C=O) groups excluding carboxylic acids is 1. The molecule has 0 saturated heterocycles. The van der Waals surface area contributed by atoms with Gasteiger partial charge in [0.05, 0.1) is 6.54 Å². The highest BCUT2D eigenvalue weighted by molar-refractivity contribution is 5.94. The zero-order chi connectivity index (χ0) is 21.1. The van der Waals surface area contributed by atoms with Gasteiger partial charge in [0.25, 0.3) is 5.91 Å². The summed E-state index contributed by atoms with van der Waals surface area (Å²) in [6, 6.07) is 16.1. The second kappa shape index (κ2) is 11.9. The van der Waals surface area contributed by atoms with Crippen LogP contribution in [0.1, 0.15) is 34.0 Å². The Morgan fingerprint density at radius 3 is 2.45 bits per heavy atom.